The fourth-order valence-corrected chi connectivity index (χ4v) is 5.11. The summed E-state index contributed by atoms with van der Waals surface area (Å²) < 4.78 is 5.57. The van der Waals surface area contributed by atoms with E-state index in [0.29, 0.717) is 22.0 Å². The number of benzene rings is 4. The molecule has 1 fully saturated rings. The molecule has 0 aromatic heterocycles. The van der Waals surface area contributed by atoms with E-state index in [1.54, 1.807) is 30.3 Å². The number of aliphatic hydroxyl groups is 1. The van der Waals surface area contributed by atoms with Crippen LogP contribution in [0, 0.1) is 0 Å². The van der Waals surface area contributed by atoms with E-state index in [1.807, 2.05) is 54.6 Å². The van der Waals surface area contributed by atoms with Crippen molar-refractivity contribution in [1.82, 2.24) is 0 Å². The summed E-state index contributed by atoms with van der Waals surface area (Å²) in [5.74, 6) is -1.36. The minimum atomic E-state index is -0.870. The van der Waals surface area contributed by atoms with Gasteiger partial charge < -0.3 is 9.84 Å². The third-order valence-corrected chi connectivity index (χ3v) is 7.24. The number of carbonyl (C=O) groups excluding carboxylic acids is 2. The van der Waals surface area contributed by atoms with Gasteiger partial charge in [0.15, 0.2) is 0 Å². The third-order valence-electron chi connectivity index (χ3n) is 6.99. The Labute approximate surface area is 226 Å². The Morgan fingerprint density at radius 3 is 2.29 bits per heavy atom. The molecule has 4 aromatic carbocycles. The smallest absolute Gasteiger partial charge is 0.300 e. The van der Waals surface area contributed by atoms with Gasteiger partial charge in [-0.2, -0.15) is 0 Å². The molecule has 5 rings (SSSR count). The van der Waals surface area contributed by atoms with Crippen molar-refractivity contribution in [3.63, 3.8) is 0 Å². The minimum Gasteiger partial charge on any atom is -0.507 e. The topological polar surface area (TPSA) is 66.8 Å². The second-order valence-corrected chi connectivity index (χ2v) is 10.8. The third kappa shape index (κ3) is 4.33. The lowest BCUT2D eigenvalue weighted by atomic mass is 9.85. The predicted molar refractivity (Wildman–Crippen MR) is 152 cm³/mol. The molecule has 1 aliphatic heterocycles. The Morgan fingerprint density at radius 2 is 1.61 bits per heavy atom. The number of nitrogens with zero attached hydrogens (tertiary/aromatic N) is 1. The average molecular weight is 526 g/mol. The van der Waals surface area contributed by atoms with Crippen LogP contribution >= 0.6 is 11.6 Å². The van der Waals surface area contributed by atoms with Gasteiger partial charge in [-0.25, -0.2) is 0 Å². The zero-order valence-corrected chi connectivity index (χ0v) is 22.4. The predicted octanol–water partition coefficient (Wildman–Crippen LogP) is 7.43. The molecule has 0 spiro atoms. The fourth-order valence-electron chi connectivity index (χ4n) is 4.99. The van der Waals surface area contributed by atoms with Gasteiger partial charge in [-0.15, -0.1) is 0 Å². The highest BCUT2D eigenvalue weighted by atomic mass is 35.5. The molecule has 6 heteroatoms. The zero-order chi connectivity index (χ0) is 27.2. The molecule has 38 heavy (non-hydrogen) atoms. The molecule has 1 saturated heterocycles. The summed E-state index contributed by atoms with van der Waals surface area (Å²) in [7, 11) is 1.51. The van der Waals surface area contributed by atoms with E-state index in [1.165, 1.54) is 12.0 Å². The van der Waals surface area contributed by atoms with Crippen LogP contribution in [0.5, 0.6) is 5.75 Å². The van der Waals surface area contributed by atoms with E-state index >= 15 is 0 Å². The summed E-state index contributed by atoms with van der Waals surface area (Å²) in [5, 5.41) is 14.1. The second kappa shape index (κ2) is 9.66. The maximum absolute atomic E-state index is 13.7. The highest BCUT2D eigenvalue weighted by molar-refractivity contribution is 6.52. The van der Waals surface area contributed by atoms with Gasteiger partial charge in [-0.1, -0.05) is 80.9 Å². The number of carbonyl (C=O) groups is 2. The molecule has 0 bridgehead atoms. The number of ether oxygens (including phenoxy) is 1. The number of fused-ring (bicyclic) bond motifs is 1. The average Bonchev–Trinajstić information content (AvgIpc) is 3.17. The van der Waals surface area contributed by atoms with Crippen molar-refractivity contribution in [3.8, 4) is 5.75 Å². The lowest BCUT2D eigenvalue weighted by molar-refractivity contribution is -0.132. The Hall–Kier alpha value is -4.09. The largest absolute Gasteiger partial charge is 0.507 e. The lowest BCUT2D eigenvalue weighted by Crippen LogP contribution is -2.29. The number of hydrogen-bond acceptors (Lipinski definition) is 4. The number of hydrogen-bond donors (Lipinski definition) is 1. The Bertz CT molecular complexity index is 1590. The first kappa shape index (κ1) is 25.6. The molecule has 1 unspecified atom stereocenters. The number of methoxy groups -OCH3 is 1. The summed E-state index contributed by atoms with van der Waals surface area (Å²) in [4.78, 5) is 28.7. The summed E-state index contributed by atoms with van der Waals surface area (Å²) >= 11 is 6.13. The normalized spacial score (nSPS) is 17.3. The first-order chi connectivity index (χ1) is 18.1. The molecule has 1 atom stereocenters. The minimum absolute atomic E-state index is 0.00524. The number of anilines is 1. The Morgan fingerprint density at radius 1 is 0.921 bits per heavy atom. The van der Waals surface area contributed by atoms with Crippen molar-refractivity contribution >= 4 is 45.5 Å². The molecule has 192 valence electrons. The van der Waals surface area contributed by atoms with Crippen molar-refractivity contribution in [2.75, 3.05) is 12.0 Å². The van der Waals surface area contributed by atoms with E-state index < -0.39 is 17.7 Å². The van der Waals surface area contributed by atoms with E-state index in [0.717, 1.165) is 21.9 Å². The second-order valence-electron chi connectivity index (χ2n) is 10.4. The van der Waals surface area contributed by atoms with Gasteiger partial charge in [-0.05, 0) is 63.7 Å². The first-order valence-corrected chi connectivity index (χ1v) is 12.7. The number of Topliss-reactive ketones (excluding diaryl/α,β-unsaturated/α-hetero) is 1. The van der Waals surface area contributed by atoms with Crippen LogP contribution in [-0.2, 0) is 15.0 Å². The van der Waals surface area contributed by atoms with Crippen LogP contribution in [-0.4, -0.2) is 23.9 Å². The number of halogens is 1. The monoisotopic (exact) mass is 525 g/mol. The van der Waals surface area contributed by atoms with Gasteiger partial charge >= 0.3 is 0 Å². The Kier molecular flexibility index (Phi) is 6.49. The van der Waals surface area contributed by atoms with Gasteiger partial charge in [0, 0.05) is 10.7 Å². The number of aliphatic hydroxyl groups excluding tert-OH is 1. The van der Waals surface area contributed by atoms with Crippen LogP contribution in [0.25, 0.3) is 16.5 Å². The summed E-state index contributed by atoms with van der Waals surface area (Å²) in [6.07, 6.45) is 0. The van der Waals surface area contributed by atoms with Crippen molar-refractivity contribution in [2.45, 2.75) is 32.2 Å². The van der Waals surface area contributed by atoms with Gasteiger partial charge in [0.2, 0.25) is 0 Å². The molecule has 1 aliphatic rings. The highest BCUT2D eigenvalue weighted by Gasteiger charge is 2.47. The van der Waals surface area contributed by atoms with Crippen molar-refractivity contribution in [1.29, 1.82) is 0 Å². The molecule has 0 radical (unpaired) electrons. The van der Waals surface area contributed by atoms with Crippen LogP contribution in [0.4, 0.5) is 5.69 Å². The summed E-state index contributed by atoms with van der Waals surface area (Å²) in [6.45, 7) is 6.19. The van der Waals surface area contributed by atoms with Gasteiger partial charge in [0.1, 0.15) is 11.5 Å². The quantitative estimate of drug-likeness (QED) is 0.171. The first-order valence-electron chi connectivity index (χ1n) is 12.3. The van der Waals surface area contributed by atoms with Crippen LogP contribution in [0.3, 0.4) is 0 Å². The standard InChI is InChI=1S/C32H28ClNO4/c1-32(2,3)20-12-17-26(38-4)25(18-20)29(35)27-28(24-11-7-9-19-8-5-6-10-23(19)24)34(31(37)30(27)36)22-15-13-21(33)14-16-22/h5-18,28,35H,1-4H3/b29-27+. The fraction of sp³-hybridized carbons (Fsp3) is 0.188. The molecule has 0 saturated carbocycles. The van der Waals surface area contributed by atoms with E-state index in [4.69, 9.17) is 16.3 Å². The van der Waals surface area contributed by atoms with E-state index in [-0.39, 0.29) is 16.7 Å². The highest BCUT2D eigenvalue weighted by Crippen LogP contribution is 2.45. The van der Waals surface area contributed by atoms with Gasteiger partial charge in [0.05, 0.1) is 24.3 Å². The van der Waals surface area contributed by atoms with Crippen LogP contribution in [0.1, 0.15) is 43.5 Å². The lowest BCUT2D eigenvalue weighted by Gasteiger charge is -2.27. The molecule has 1 N–H and O–H groups in total. The number of ketones is 1. The van der Waals surface area contributed by atoms with Gasteiger partial charge in [0.25, 0.3) is 11.7 Å². The van der Waals surface area contributed by atoms with Crippen LogP contribution in [0.2, 0.25) is 5.02 Å². The molecular weight excluding hydrogens is 498 g/mol. The SMILES string of the molecule is COc1ccc(C(C)(C)C)cc1/C(O)=C1\C(=O)C(=O)N(c2ccc(Cl)cc2)C1c1cccc2ccccc12. The van der Waals surface area contributed by atoms with Crippen molar-refractivity contribution < 1.29 is 19.4 Å². The van der Waals surface area contributed by atoms with Crippen molar-refractivity contribution in [2.24, 2.45) is 0 Å². The van der Waals surface area contributed by atoms with Crippen molar-refractivity contribution in [3.05, 3.63) is 112 Å². The zero-order valence-electron chi connectivity index (χ0n) is 21.7. The molecule has 4 aromatic rings. The number of rotatable bonds is 4. The maximum atomic E-state index is 13.7. The van der Waals surface area contributed by atoms with Crippen LogP contribution in [0.15, 0.2) is 90.5 Å². The van der Waals surface area contributed by atoms with E-state index in [9.17, 15) is 14.7 Å². The molecule has 1 heterocycles. The molecular formula is C32H28ClNO4. The van der Waals surface area contributed by atoms with Crippen LogP contribution < -0.4 is 9.64 Å². The summed E-state index contributed by atoms with van der Waals surface area (Å²) in [5.41, 5.74) is 2.33. The molecule has 0 aliphatic carbocycles. The Balaban J connectivity index is 1.83. The maximum Gasteiger partial charge on any atom is 0.300 e. The summed E-state index contributed by atoms with van der Waals surface area (Å²) in [6, 6.07) is 24.9. The van der Waals surface area contributed by atoms with E-state index in [2.05, 4.69) is 20.8 Å². The molecule has 1 amide bonds. The number of amides is 1. The molecule has 5 nitrogen and oxygen atoms in total. The van der Waals surface area contributed by atoms with Gasteiger partial charge in [-0.3, -0.25) is 14.5 Å².